The highest BCUT2D eigenvalue weighted by atomic mass is 32.2. The second-order valence-electron chi connectivity index (χ2n) is 11.8. The minimum Gasteiger partial charge on any atom is -0.481 e. The quantitative estimate of drug-likeness (QED) is 0.444. The van der Waals surface area contributed by atoms with Crippen LogP contribution in [0.25, 0.3) is 0 Å². The van der Waals surface area contributed by atoms with Crippen LogP contribution in [0.15, 0.2) is 17.2 Å². The summed E-state index contributed by atoms with van der Waals surface area (Å²) in [4.78, 5) is 31.9. The number of carboxylic acid groups (broad SMARTS) is 1. The molecule has 2 unspecified atom stereocenters. The van der Waals surface area contributed by atoms with Crippen LogP contribution in [-0.4, -0.2) is 66.3 Å². The highest BCUT2D eigenvalue weighted by molar-refractivity contribution is 7.99. The van der Waals surface area contributed by atoms with Crippen molar-refractivity contribution in [3.8, 4) is 0 Å². The summed E-state index contributed by atoms with van der Waals surface area (Å²) >= 11 is 1.59. The van der Waals surface area contributed by atoms with Crippen molar-refractivity contribution in [3.05, 3.63) is 17.7 Å². The number of piperidine rings is 1. The van der Waals surface area contributed by atoms with Gasteiger partial charge in [-0.2, -0.15) is 0 Å². The Morgan fingerprint density at radius 2 is 1.95 bits per heavy atom. The normalized spacial score (nSPS) is 32.9. The molecule has 0 radical (unpaired) electrons. The van der Waals surface area contributed by atoms with Crippen molar-refractivity contribution in [2.75, 3.05) is 30.0 Å². The molecule has 204 valence electrons. The molecule has 4 aliphatic carbocycles. The Hall–Kier alpha value is -1.81. The lowest BCUT2D eigenvalue weighted by Crippen LogP contribution is -2.63. The zero-order valence-electron chi connectivity index (χ0n) is 21.8. The summed E-state index contributed by atoms with van der Waals surface area (Å²) in [7, 11) is -3.13. The van der Waals surface area contributed by atoms with E-state index in [1.807, 2.05) is 12.1 Å². The molecule has 4 bridgehead atoms. The number of pyridine rings is 1. The standard InChI is InChI=1S/C27H39N3O5S2/c1-3-9-36-26-21(6-7-22(28-26)30-8-4-5-17(16-30)12-23(31)32)25(33)29-24-19-10-18-11-20(24)15-27(13-18,14-19)37(2,34)35/h6-7,17-20,24H,3-5,8-16H2,1-2H3,(H,29,33)(H,31,32)/t17-,18?,19?,20?,24?,27?/m0/s1. The number of carboxylic acids is 1. The van der Waals surface area contributed by atoms with E-state index in [1.165, 1.54) is 6.26 Å². The summed E-state index contributed by atoms with van der Waals surface area (Å²) in [5.74, 6) is 1.75. The maximum Gasteiger partial charge on any atom is 0.303 e. The molecule has 3 atom stereocenters. The molecule has 8 nitrogen and oxygen atoms in total. The van der Waals surface area contributed by atoms with Crippen LogP contribution in [0.5, 0.6) is 0 Å². The SMILES string of the molecule is CCCSc1nc(N2CCC[C@@H](CC(=O)O)C2)ccc1C(=O)NC1C2CC3CC1CC(S(C)(=O)=O)(C3)C2. The molecule has 5 aliphatic rings. The smallest absolute Gasteiger partial charge is 0.303 e. The molecule has 6 rings (SSSR count). The molecule has 4 saturated carbocycles. The fourth-order valence-corrected chi connectivity index (χ4v) is 10.1. The van der Waals surface area contributed by atoms with Gasteiger partial charge in [0.2, 0.25) is 0 Å². The van der Waals surface area contributed by atoms with Crippen LogP contribution in [0.3, 0.4) is 0 Å². The number of nitrogens with zero attached hydrogens (tertiary/aromatic N) is 2. The van der Waals surface area contributed by atoms with E-state index in [0.29, 0.717) is 35.9 Å². The fraction of sp³-hybridized carbons (Fsp3) is 0.741. The second-order valence-corrected chi connectivity index (χ2v) is 15.3. The van der Waals surface area contributed by atoms with Gasteiger partial charge < -0.3 is 15.3 Å². The van der Waals surface area contributed by atoms with Gasteiger partial charge in [-0.3, -0.25) is 9.59 Å². The monoisotopic (exact) mass is 549 g/mol. The molecular weight excluding hydrogens is 510 g/mol. The zero-order valence-corrected chi connectivity index (χ0v) is 23.5. The molecule has 1 aromatic rings. The van der Waals surface area contributed by atoms with Gasteiger partial charge in [0.05, 0.1) is 10.3 Å². The number of rotatable bonds is 9. The molecule has 0 aromatic carbocycles. The van der Waals surface area contributed by atoms with Crippen molar-refractivity contribution in [2.45, 2.75) is 80.5 Å². The summed E-state index contributed by atoms with van der Waals surface area (Å²) in [6.07, 6.45) is 8.46. The number of hydrogen-bond acceptors (Lipinski definition) is 7. The predicted octanol–water partition coefficient (Wildman–Crippen LogP) is 4.00. The van der Waals surface area contributed by atoms with Crippen LogP contribution in [0, 0.1) is 23.7 Å². The third-order valence-corrected chi connectivity index (χ3v) is 12.4. The van der Waals surface area contributed by atoms with Gasteiger partial charge in [0, 0.05) is 31.8 Å². The Bertz CT molecular complexity index is 1140. The van der Waals surface area contributed by atoms with Gasteiger partial charge in [0.15, 0.2) is 9.84 Å². The fourth-order valence-electron chi connectivity index (χ4n) is 7.64. The topological polar surface area (TPSA) is 117 Å². The Morgan fingerprint density at radius 1 is 1.22 bits per heavy atom. The van der Waals surface area contributed by atoms with Crippen LogP contribution in [0.4, 0.5) is 5.82 Å². The number of anilines is 1. The second kappa shape index (κ2) is 10.4. The predicted molar refractivity (Wildman–Crippen MR) is 145 cm³/mol. The Balaban J connectivity index is 1.33. The van der Waals surface area contributed by atoms with E-state index in [2.05, 4.69) is 17.1 Å². The number of sulfone groups is 1. The molecule has 5 fully saturated rings. The largest absolute Gasteiger partial charge is 0.481 e. The Kier molecular flexibility index (Phi) is 7.53. The molecule has 10 heteroatoms. The van der Waals surface area contributed by atoms with E-state index >= 15 is 0 Å². The van der Waals surface area contributed by atoms with E-state index in [0.717, 1.165) is 56.6 Å². The number of aliphatic carboxylic acids is 1. The number of aromatic nitrogens is 1. The minimum absolute atomic E-state index is 0.0153. The number of carbonyl (C=O) groups is 2. The number of carbonyl (C=O) groups excluding carboxylic acids is 1. The van der Waals surface area contributed by atoms with Gasteiger partial charge in [-0.25, -0.2) is 13.4 Å². The third-order valence-electron chi connectivity index (χ3n) is 9.14. The number of nitrogens with one attached hydrogen (secondary N) is 1. The summed E-state index contributed by atoms with van der Waals surface area (Å²) in [6, 6.07) is 3.77. The summed E-state index contributed by atoms with van der Waals surface area (Å²) < 4.78 is 24.8. The first-order valence-corrected chi connectivity index (χ1v) is 16.6. The lowest BCUT2D eigenvalue weighted by molar-refractivity contribution is -0.138. The van der Waals surface area contributed by atoms with Crippen molar-refractivity contribution >= 4 is 39.3 Å². The van der Waals surface area contributed by atoms with Gasteiger partial charge in [-0.15, -0.1) is 11.8 Å². The summed E-state index contributed by atoms with van der Waals surface area (Å²) in [6.45, 7) is 3.60. The molecular formula is C27H39N3O5S2. The highest BCUT2D eigenvalue weighted by Crippen LogP contribution is 2.58. The maximum atomic E-state index is 13.6. The lowest BCUT2D eigenvalue weighted by atomic mass is 9.53. The van der Waals surface area contributed by atoms with Gasteiger partial charge in [-0.05, 0) is 92.9 Å². The number of hydrogen-bond donors (Lipinski definition) is 2. The molecule has 37 heavy (non-hydrogen) atoms. The number of thioether (sulfide) groups is 1. The van der Waals surface area contributed by atoms with Gasteiger partial charge >= 0.3 is 5.97 Å². The van der Waals surface area contributed by atoms with Gasteiger partial charge in [0.25, 0.3) is 5.91 Å². The number of amides is 1. The average Bonchev–Trinajstić information content (AvgIpc) is 2.83. The van der Waals surface area contributed by atoms with Crippen LogP contribution in [-0.2, 0) is 14.6 Å². The van der Waals surface area contributed by atoms with Crippen LogP contribution < -0.4 is 10.2 Å². The minimum atomic E-state index is -3.13. The van der Waals surface area contributed by atoms with Gasteiger partial charge in [-0.1, -0.05) is 6.92 Å². The van der Waals surface area contributed by atoms with Crippen molar-refractivity contribution in [1.29, 1.82) is 0 Å². The van der Waals surface area contributed by atoms with E-state index in [-0.39, 0.29) is 36.1 Å². The highest BCUT2D eigenvalue weighted by Gasteiger charge is 2.59. The molecule has 1 saturated heterocycles. The molecule has 0 spiro atoms. The first kappa shape index (κ1) is 26.8. The average molecular weight is 550 g/mol. The molecule has 1 aromatic heterocycles. The van der Waals surface area contributed by atoms with Crippen molar-refractivity contribution < 1.29 is 23.1 Å². The lowest BCUT2D eigenvalue weighted by Gasteiger charge is -2.59. The van der Waals surface area contributed by atoms with Crippen LogP contribution >= 0.6 is 11.8 Å². The third kappa shape index (κ3) is 5.37. The van der Waals surface area contributed by atoms with Crippen molar-refractivity contribution in [3.63, 3.8) is 0 Å². The zero-order chi connectivity index (χ0) is 26.4. The van der Waals surface area contributed by atoms with Crippen LogP contribution in [0.2, 0.25) is 0 Å². The molecule has 1 aliphatic heterocycles. The van der Waals surface area contributed by atoms with E-state index in [1.54, 1.807) is 11.8 Å². The Labute approximate surface area is 224 Å². The van der Waals surface area contributed by atoms with E-state index in [9.17, 15) is 23.1 Å². The molecule has 2 N–H and O–H groups in total. The molecule has 1 amide bonds. The summed E-state index contributed by atoms with van der Waals surface area (Å²) in [5, 5.41) is 13.3. The first-order chi connectivity index (χ1) is 17.6. The maximum absolute atomic E-state index is 13.6. The van der Waals surface area contributed by atoms with Crippen molar-refractivity contribution in [1.82, 2.24) is 10.3 Å². The van der Waals surface area contributed by atoms with E-state index < -0.39 is 20.6 Å². The van der Waals surface area contributed by atoms with Gasteiger partial charge in [0.1, 0.15) is 10.8 Å². The first-order valence-electron chi connectivity index (χ1n) is 13.7. The van der Waals surface area contributed by atoms with Crippen molar-refractivity contribution in [2.24, 2.45) is 23.7 Å². The van der Waals surface area contributed by atoms with Crippen LogP contribution in [0.1, 0.15) is 75.1 Å². The van der Waals surface area contributed by atoms with E-state index in [4.69, 9.17) is 4.98 Å². The summed E-state index contributed by atoms with van der Waals surface area (Å²) in [5.41, 5.74) is 0.577. The Morgan fingerprint density at radius 3 is 2.59 bits per heavy atom. The molecule has 2 heterocycles.